The maximum Gasteiger partial charge on any atom is 0.159 e. The second-order valence-corrected chi connectivity index (χ2v) is 5.57. The Morgan fingerprint density at radius 1 is 1.05 bits per heavy atom. The van der Waals surface area contributed by atoms with E-state index in [-0.39, 0.29) is 6.04 Å². The van der Waals surface area contributed by atoms with Crippen LogP contribution in [0.1, 0.15) is 24.1 Å². The number of rotatable bonds is 5. The van der Waals surface area contributed by atoms with Crippen LogP contribution < -0.4 is 5.32 Å². The summed E-state index contributed by atoms with van der Waals surface area (Å²) in [4.78, 5) is 0. The van der Waals surface area contributed by atoms with E-state index in [2.05, 4.69) is 5.32 Å². The zero-order chi connectivity index (χ0) is 15.4. The first kappa shape index (κ1) is 16.2. The van der Waals surface area contributed by atoms with Crippen molar-refractivity contribution in [2.75, 3.05) is 6.54 Å². The molecule has 112 valence electrons. The van der Waals surface area contributed by atoms with Gasteiger partial charge < -0.3 is 5.32 Å². The van der Waals surface area contributed by atoms with Gasteiger partial charge in [-0.1, -0.05) is 42.3 Å². The highest BCUT2D eigenvalue weighted by Crippen LogP contribution is 2.28. The Hall–Kier alpha value is -1.16. The molecule has 0 bridgehead atoms. The highest BCUT2D eigenvalue weighted by atomic mass is 35.5. The van der Waals surface area contributed by atoms with Gasteiger partial charge in [-0.25, -0.2) is 8.78 Å². The molecule has 2 aromatic carbocycles. The summed E-state index contributed by atoms with van der Waals surface area (Å²) in [7, 11) is 0. The summed E-state index contributed by atoms with van der Waals surface area (Å²) in [5, 5.41) is 4.41. The lowest BCUT2D eigenvalue weighted by Crippen LogP contribution is -2.23. The summed E-state index contributed by atoms with van der Waals surface area (Å²) in [5.41, 5.74) is 1.58. The summed E-state index contributed by atoms with van der Waals surface area (Å²) in [5.74, 6) is -1.69. The molecule has 1 atom stereocenters. The molecule has 2 aromatic rings. The fourth-order valence-electron chi connectivity index (χ4n) is 2.22. The van der Waals surface area contributed by atoms with Crippen LogP contribution in [0.2, 0.25) is 10.0 Å². The molecule has 0 aliphatic rings. The van der Waals surface area contributed by atoms with Gasteiger partial charge in [-0.05, 0) is 48.4 Å². The minimum absolute atomic E-state index is 0.0929. The summed E-state index contributed by atoms with van der Waals surface area (Å²) in [6, 6.07) is 9.11. The molecule has 2 rings (SSSR count). The summed E-state index contributed by atoms with van der Waals surface area (Å²) in [6.45, 7) is 2.70. The van der Waals surface area contributed by atoms with E-state index in [9.17, 15) is 8.78 Å². The van der Waals surface area contributed by atoms with Gasteiger partial charge in [0.05, 0.1) is 0 Å². The van der Waals surface area contributed by atoms with Crippen LogP contribution >= 0.6 is 23.2 Å². The zero-order valence-electron chi connectivity index (χ0n) is 11.5. The third-order valence-electron chi connectivity index (χ3n) is 3.21. The Morgan fingerprint density at radius 3 is 2.43 bits per heavy atom. The SMILES string of the molecule is CCNC(Cc1ccc(F)c(F)c1)c1ccc(Cl)cc1Cl. The molecule has 0 aliphatic heterocycles. The van der Waals surface area contributed by atoms with Crippen LogP contribution in [-0.4, -0.2) is 6.54 Å². The molecule has 0 aliphatic carbocycles. The van der Waals surface area contributed by atoms with E-state index >= 15 is 0 Å². The topological polar surface area (TPSA) is 12.0 Å². The summed E-state index contributed by atoms with van der Waals surface area (Å²) in [6.07, 6.45) is 0.506. The summed E-state index contributed by atoms with van der Waals surface area (Å²) >= 11 is 12.1. The smallest absolute Gasteiger partial charge is 0.159 e. The van der Waals surface area contributed by atoms with Crippen molar-refractivity contribution in [3.63, 3.8) is 0 Å². The Labute approximate surface area is 132 Å². The minimum atomic E-state index is -0.844. The van der Waals surface area contributed by atoms with E-state index in [4.69, 9.17) is 23.2 Å². The normalized spacial score (nSPS) is 12.4. The fourth-order valence-corrected chi connectivity index (χ4v) is 2.77. The molecule has 5 heteroatoms. The van der Waals surface area contributed by atoms with E-state index in [0.717, 1.165) is 18.2 Å². The largest absolute Gasteiger partial charge is 0.310 e. The molecule has 1 nitrogen and oxygen atoms in total. The predicted molar refractivity (Wildman–Crippen MR) is 82.9 cm³/mol. The molecule has 0 amide bonds. The number of halogens is 4. The molecular formula is C16H15Cl2F2N. The van der Waals surface area contributed by atoms with E-state index in [0.29, 0.717) is 22.0 Å². The lowest BCUT2D eigenvalue weighted by atomic mass is 9.98. The molecule has 0 saturated carbocycles. The number of likely N-dealkylation sites (N-methyl/N-ethyl adjacent to an activating group) is 1. The number of nitrogens with one attached hydrogen (secondary N) is 1. The van der Waals surface area contributed by atoms with Gasteiger partial charge in [0.2, 0.25) is 0 Å². The van der Waals surface area contributed by atoms with Crippen molar-refractivity contribution in [2.45, 2.75) is 19.4 Å². The fraction of sp³-hybridized carbons (Fsp3) is 0.250. The van der Waals surface area contributed by atoms with Crippen LogP contribution in [-0.2, 0) is 6.42 Å². The molecule has 0 radical (unpaired) electrons. The van der Waals surface area contributed by atoms with Gasteiger partial charge in [0.1, 0.15) is 0 Å². The van der Waals surface area contributed by atoms with Crippen LogP contribution in [0.3, 0.4) is 0 Å². The molecule has 21 heavy (non-hydrogen) atoms. The summed E-state index contributed by atoms with van der Waals surface area (Å²) < 4.78 is 26.3. The van der Waals surface area contributed by atoms with Crippen molar-refractivity contribution in [2.24, 2.45) is 0 Å². The molecule has 0 spiro atoms. The number of hydrogen-bond acceptors (Lipinski definition) is 1. The highest BCUT2D eigenvalue weighted by molar-refractivity contribution is 6.35. The van der Waals surface area contributed by atoms with E-state index in [1.165, 1.54) is 6.07 Å². The lowest BCUT2D eigenvalue weighted by Gasteiger charge is -2.20. The number of benzene rings is 2. The van der Waals surface area contributed by atoms with Crippen LogP contribution in [0.5, 0.6) is 0 Å². The molecule has 0 fully saturated rings. The van der Waals surface area contributed by atoms with Crippen molar-refractivity contribution >= 4 is 23.2 Å². The van der Waals surface area contributed by atoms with E-state index in [1.54, 1.807) is 18.2 Å². The van der Waals surface area contributed by atoms with Crippen LogP contribution in [0.15, 0.2) is 36.4 Å². The second kappa shape index (κ2) is 7.21. The van der Waals surface area contributed by atoms with Gasteiger partial charge >= 0.3 is 0 Å². The van der Waals surface area contributed by atoms with Gasteiger partial charge in [-0.15, -0.1) is 0 Å². The van der Waals surface area contributed by atoms with E-state index in [1.807, 2.05) is 13.0 Å². The van der Waals surface area contributed by atoms with Gasteiger partial charge in [0.25, 0.3) is 0 Å². The van der Waals surface area contributed by atoms with Gasteiger partial charge in [-0.3, -0.25) is 0 Å². The van der Waals surface area contributed by atoms with Crippen molar-refractivity contribution < 1.29 is 8.78 Å². The van der Waals surface area contributed by atoms with Crippen molar-refractivity contribution in [1.29, 1.82) is 0 Å². The first-order valence-corrected chi connectivity index (χ1v) is 7.39. The minimum Gasteiger partial charge on any atom is -0.310 e. The maximum atomic E-state index is 13.3. The van der Waals surface area contributed by atoms with Crippen LogP contribution in [0.25, 0.3) is 0 Å². The lowest BCUT2D eigenvalue weighted by molar-refractivity contribution is 0.502. The Morgan fingerprint density at radius 2 is 1.81 bits per heavy atom. The van der Waals surface area contributed by atoms with E-state index < -0.39 is 11.6 Å². The molecule has 0 aromatic heterocycles. The standard InChI is InChI=1S/C16H15Cl2F2N/c1-2-21-16(12-5-4-11(17)9-13(12)18)8-10-3-6-14(19)15(20)7-10/h3-7,9,16,21H,2,8H2,1H3. The van der Waals surface area contributed by atoms with Gasteiger partial charge in [0.15, 0.2) is 11.6 Å². The molecule has 1 N–H and O–H groups in total. The van der Waals surface area contributed by atoms with Crippen molar-refractivity contribution in [3.8, 4) is 0 Å². The first-order valence-electron chi connectivity index (χ1n) is 6.63. The van der Waals surface area contributed by atoms with Crippen LogP contribution in [0, 0.1) is 11.6 Å². The molecule has 1 unspecified atom stereocenters. The third kappa shape index (κ3) is 4.16. The molecule has 0 heterocycles. The molecular weight excluding hydrogens is 315 g/mol. The van der Waals surface area contributed by atoms with Crippen LogP contribution in [0.4, 0.5) is 8.78 Å². The Kier molecular flexibility index (Phi) is 5.57. The van der Waals surface area contributed by atoms with Gasteiger partial charge in [0, 0.05) is 16.1 Å². The predicted octanol–water partition coefficient (Wildman–Crippen LogP) is 5.16. The van der Waals surface area contributed by atoms with Crippen molar-refractivity contribution in [1.82, 2.24) is 5.32 Å². The highest BCUT2D eigenvalue weighted by Gasteiger charge is 2.15. The first-order chi connectivity index (χ1) is 10.0. The average molecular weight is 330 g/mol. The Balaban J connectivity index is 2.28. The number of hydrogen-bond donors (Lipinski definition) is 1. The monoisotopic (exact) mass is 329 g/mol. The molecule has 0 saturated heterocycles. The second-order valence-electron chi connectivity index (χ2n) is 4.73. The average Bonchev–Trinajstić information content (AvgIpc) is 2.42. The van der Waals surface area contributed by atoms with Crippen molar-refractivity contribution in [3.05, 3.63) is 69.2 Å². The Bertz CT molecular complexity index is 632. The zero-order valence-corrected chi connectivity index (χ0v) is 13.0. The van der Waals surface area contributed by atoms with Gasteiger partial charge in [-0.2, -0.15) is 0 Å². The third-order valence-corrected chi connectivity index (χ3v) is 3.77. The maximum absolute atomic E-state index is 13.3. The quantitative estimate of drug-likeness (QED) is 0.798.